The van der Waals surface area contributed by atoms with Gasteiger partial charge in [-0.15, -0.1) is 6.20 Å². The maximum Gasteiger partial charge on any atom is 2.00 e. The number of fused-ring (bicyclic) bond motifs is 3. The van der Waals surface area contributed by atoms with Crippen molar-refractivity contribution in [2.75, 3.05) is 5.32 Å². The quantitative estimate of drug-likeness (QED) is 0.509. The molecule has 26 heavy (non-hydrogen) atoms. The van der Waals surface area contributed by atoms with E-state index in [1.54, 1.807) is 25.4 Å². The zero-order valence-corrected chi connectivity index (χ0v) is 17.5. The summed E-state index contributed by atoms with van der Waals surface area (Å²) in [5.74, 6) is 0.135. The number of carbonyl (C=O) groups is 1. The number of rotatable bonds is 2. The fourth-order valence-corrected chi connectivity index (χ4v) is 2.90. The van der Waals surface area contributed by atoms with Crippen molar-refractivity contribution in [3.63, 3.8) is 0 Å². The Kier molecular flexibility index (Phi) is 6.75. The van der Waals surface area contributed by atoms with Gasteiger partial charge in [0.2, 0.25) is 0 Å². The molecule has 1 aliphatic rings. The molecule has 0 saturated carbocycles. The minimum atomic E-state index is -0.306. The van der Waals surface area contributed by atoms with Gasteiger partial charge in [0.25, 0.3) is 5.91 Å². The van der Waals surface area contributed by atoms with Gasteiger partial charge in [0, 0.05) is 11.9 Å². The summed E-state index contributed by atoms with van der Waals surface area (Å²) in [5, 5.41) is 14.0. The molecule has 7 nitrogen and oxygen atoms in total. The van der Waals surface area contributed by atoms with E-state index in [1.165, 1.54) is 4.68 Å². The zero-order chi connectivity index (χ0) is 17.8. The van der Waals surface area contributed by atoms with Crippen LogP contribution in [0.5, 0.6) is 0 Å². The van der Waals surface area contributed by atoms with E-state index in [-0.39, 0.29) is 27.0 Å². The van der Waals surface area contributed by atoms with Gasteiger partial charge in [-0.05, 0) is 30.9 Å². The van der Waals surface area contributed by atoms with Crippen molar-refractivity contribution in [1.29, 1.82) is 0 Å². The molecular formula is C18H20N6OW. The molecule has 0 atom stereocenters. The summed E-state index contributed by atoms with van der Waals surface area (Å²) in [5.41, 5.74) is 4.07. The summed E-state index contributed by atoms with van der Waals surface area (Å²) in [4.78, 5) is 17.1. The van der Waals surface area contributed by atoms with E-state index < -0.39 is 0 Å². The van der Waals surface area contributed by atoms with E-state index in [0.29, 0.717) is 11.5 Å². The Labute approximate surface area is 166 Å². The summed E-state index contributed by atoms with van der Waals surface area (Å²) in [7, 11) is 3.65. The van der Waals surface area contributed by atoms with E-state index in [0.717, 1.165) is 41.8 Å². The Bertz CT molecular complexity index is 885. The molecule has 0 aliphatic heterocycles. The maximum atomic E-state index is 12.6. The third-order valence-corrected chi connectivity index (χ3v) is 3.94. The largest absolute Gasteiger partial charge is 2.00 e. The molecule has 0 radical (unpaired) electrons. The van der Waals surface area contributed by atoms with Crippen molar-refractivity contribution in [3.8, 4) is 11.3 Å². The van der Waals surface area contributed by atoms with Gasteiger partial charge < -0.3 is 16.9 Å². The van der Waals surface area contributed by atoms with Gasteiger partial charge in [0.15, 0.2) is 5.69 Å². The summed E-state index contributed by atoms with van der Waals surface area (Å²) in [6, 6.07) is 5.66. The van der Waals surface area contributed by atoms with Crippen molar-refractivity contribution in [1.82, 2.24) is 25.0 Å². The van der Waals surface area contributed by atoms with E-state index in [2.05, 4.69) is 45.6 Å². The monoisotopic (exact) mass is 520 g/mol. The molecule has 0 bridgehead atoms. The van der Waals surface area contributed by atoms with Crippen LogP contribution in [0.4, 0.5) is 5.82 Å². The molecule has 0 unspecified atom stereocenters. The van der Waals surface area contributed by atoms with Crippen molar-refractivity contribution in [3.05, 3.63) is 61.5 Å². The average Bonchev–Trinajstić information content (AvgIpc) is 3.19. The first-order valence-corrected chi connectivity index (χ1v) is 8.12. The standard InChI is InChI=1S/C16H15N6O.C2H5.W/c1-22-9-7-12(21-22)18-16(23)15-13-11(19-20-15)6-2-4-10-5-3-8-17-14(10)13;1-2;/h3,5,7-9H,1-2,4,6H2,(H,19,20)(H,18,21,23);1H2,2H3;/q2*-1;+2. The number of pyridine rings is 1. The van der Waals surface area contributed by atoms with E-state index in [1.807, 2.05) is 6.07 Å². The van der Waals surface area contributed by atoms with Crippen LogP contribution in [0.15, 0.2) is 30.6 Å². The van der Waals surface area contributed by atoms with Crippen molar-refractivity contribution in [2.45, 2.75) is 26.2 Å². The number of nitrogens with one attached hydrogen (secondary N) is 2. The molecule has 3 aromatic rings. The number of amides is 1. The topological polar surface area (TPSA) is 88.5 Å². The van der Waals surface area contributed by atoms with E-state index in [4.69, 9.17) is 0 Å². The Hall–Kier alpha value is -2.40. The number of aromatic nitrogens is 5. The van der Waals surface area contributed by atoms with Crippen LogP contribution in [-0.2, 0) is 33.9 Å². The second-order valence-electron chi connectivity index (χ2n) is 5.49. The first-order valence-electron chi connectivity index (χ1n) is 8.12. The molecule has 134 valence electrons. The normalized spacial score (nSPS) is 11.8. The molecule has 3 aromatic heterocycles. The SMILES string of the molecule is [CH2-]C.[CH2-]n1ccc(NC(=O)c2n[nH]c3c2-c2ncccc2CCC3)n1.[W+2]. The molecule has 1 aliphatic carbocycles. The predicted octanol–water partition coefficient (Wildman–Crippen LogP) is 2.89. The molecule has 1 amide bonds. The van der Waals surface area contributed by atoms with Crippen LogP contribution in [0.1, 0.15) is 35.1 Å². The molecule has 8 heteroatoms. The Morgan fingerprint density at radius 1 is 1.31 bits per heavy atom. The first-order chi connectivity index (χ1) is 12.2. The number of hydrogen-bond donors (Lipinski definition) is 2. The fourth-order valence-electron chi connectivity index (χ4n) is 2.90. The number of aromatic amines is 1. The number of anilines is 1. The molecule has 0 spiro atoms. The molecule has 4 rings (SSSR count). The van der Waals surface area contributed by atoms with Crippen LogP contribution >= 0.6 is 0 Å². The van der Waals surface area contributed by atoms with E-state index >= 15 is 0 Å². The number of nitrogens with zero attached hydrogens (tertiary/aromatic N) is 4. The van der Waals surface area contributed by atoms with Crippen LogP contribution < -0.4 is 5.32 Å². The average molecular weight is 520 g/mol. The van der Waals surface area contributed by atoms with Gasteiger partial charge in [0.1, 0.15) is 5.82 Å². The summed E-state index contributed by atoms with van der Waals surface area (Å²) in [6.45, 7) is 5.00. The second kappa shape index (κ2) is 8.81. The third-order valence-electron chi connectivity index (χ3n) is 3.94. The number of hydrogen-bond acceptors (Lipinski definition) is 4. The van der Waals surface area contributed by atoms with Gasteiger partial charge in [-0.2, -0.15) is 24.2 Å². The number of aryl methyl sites for hydroxylation is 2. The van der Waals surface area contributed by atoms with Crippen molar-refractivity contribution < 1.29 is 25.9 Å². The van der Waals surface area contributed by atoms with Crippen molar-refractivity contribution in [2.24, 2.45) is 0 Å². The summed E-state index contributed by atoms with van der Waals surface area (Å²) >= 11 is 0. The van der Waals surface area contributed by atoms with Crippen LogP contribution in [0.25, 0.3) is 11.3 Å². The van der Waals surface area contributed by atoms with Gasteiger partial charge in [-0.25, -0.2) is 0 Å². The smallest absolute Gasteiger partial charge is 0.406 e. The second-order valence-corrected chi connectivity index (χ2v) is 5.49. The number of carbonyl (C=O) groups excluding carboxylic acids is 1. The van der Waals surface area contributed by atoms with Crippen LogP contribution in [-0.4, -0.2) is 30.9 Å². The molecule has 0 saturated heterocycles. The minimum Gasteiger partial charge on any atom is -0.406 e. The number of H-pyrrole nitrogens is 1. The molecule has 3 heterocycles. The Morgan fingerprint density at radius 2 is 2.12 bits per heavy atom. The van der Waals surface area contributed by atoms with Crippen LogP contribution in [0, 0.1) is 14.0 Å². The fraction of sp³-hybridized carbons (Fsp3) is 0.222. The van der Waals surface area contributed by atoms with Gasteiger partial charge >= 0.3 is 21.1 Å². The summed E-state index contributed by atoms with van der Waals surface area (Å²) < 4.78 is 1.39. The Balaban J connectivity index is 0.000000784. The van der Waals surface area contributed by atoms with Gasteiger partial charge in [-0.1, -0.05) is 12.1 Å². The van der Waals surface area contributed by atoms with E-state index in [9.17, 15) is 4.79 Å². The molecular weight excluding hydrogens is 500 g/mol. The predicted molar refractivity (Wildman–Crippen MR) is 95.8 cm³/mol. The third kappa shape index (κ3) is 3.88. The molecule has 0 fully saturated rings. The Morgan fingerprint density at radius 3 is 2.85 bits per heavy atom. The molecule has 0 aromatic carbocycles. The summed E-state index contributed by atoms with van der Waals surface area (Å²) in [6.07, 6.45) is 6.20. The zero-order valence-electron chi connectivity index (χ0n) is 14.5. The van der Waals surface area contributed by atoms with Crippen LogP contribution in [0.2, 0.25) is 0 Å². The minimum absolute atomic E-state index is 0. The van der Waals surface area contributed by atoms with Gasteiger partial charge in [-0.3, -0.25) is 14.9 Å². The van der Waals surface area contributed by atoms with Gasteiger partial charge in [0.05, 0.1) is 11.3 Å². The van der Waals surface area contributed by atoms with Crippen molar-refractivity contribution >= 4 is 11.7 Å². The molecule has 2 N–H and O–H groups in total. The van der Waals surface area contributed by atoms with Crippen LogP contribution in [0.3, 0.4) is 0 Å². The maximum absolute atomic E-state index is 12.6. The first kappa shape index (κ1) is 19.9.